The lowest BCUT2D eigenvalue weighted by Crippen LogP contribution is -2.50. The van der Waals surface area contributed by atoms with Crippen molar-refractivity contribution in [3.8, 4) is 0 Å². The molecule has 3 aliphatic rings. The lowest BCUT2D eigenvalue weighted by atomic mass is 9.81. The number of nitrogens with one attached hydrogen (secondary N) is 1. The molecule has 0 unspecified atom stereocenters. The van der Waals surface area contributed by atoms with Crippen molar-refractivity contribution in [1.82, 2.24) is 9.80 Å². The van der Waals surface area contributed by atoms with E-state index >= 15 is 0 Å². The summed E-state index contributed by atoms with van der Waals surface area (Å²) in [4.78, 5) is 43.4. The zero-order chi connectivity index (χ0) is 22.6. The monoisotopic (exact) mass is 495 g/mol. The smallest absolute Gasteiger partial charge is 0.255 e. The first-order valence-corrected chi connectivity index (χ1v) is 11.9. The molecule has 0 radical (unpaired) electrons. The third kappa shape index (κ3) is 3.25. The summed E-state index contributed by atoms with van der Waals surface area (Å²) in [5, 5.41) is 2.98. The number of hydrogen-bond acceptors (Lipinski definition) is 3. The number of rotatable bonds is 4. The van der Waals surface area contributed by atoms with E-state index in [9.17, 15) is 14.4 Å². The Kier molecular flexibility index (Phi) is 5.12. The van der Waals surface area contributed by atoms with E-state index in [2.05, 4.69) is 35.1 Å². The summed E-state index contributed by atoms with van der Waals surface area (Å²) in [5.41, 5.74) is 2.71. The molecular weight excluding hydrogens is 470 g/mol. The summed E-state index contributed by atoms with van der Waals surface area (Å²) in [6.07, 6.45) is 1.18. The summed E-state index contributed by atoms with van der Waals surface area (Å²) in [6, 6.07) is 12.8. The van der Waals surface area contributed by atoms with Crippen LogP contribution in [0.1, 0.15) is 48.2 Å². The minimum atomic E-state index is -0.697. The number of benzene rings is 2. The van der Waals surface area contributed by atoms with Crippen LogP contribution in [0.5, 0.6) is 0 Å². The fourth-order valence-electron chi connectivity index (χ4n) is 5.36. The Morgan fingerprint density at radius 1 is 1.19 bits per heavy atom. The molecule has 32 heavy (non-hydrogen) atoms. The normalized spacial score (nSPS) is 22.5. The highest BCUT2D eigenvalue weighted by molar-refractivity contribution is 9.10. The lowest BCUT2D eigenvalue weighted by Gasteiger charge is -2.32. The van der Waals surface area contributed by atoms with Gasteiger partial charge in [-0.05, 0) is 54.2 Å². The van der Waals surface area contributed by atoms with Gasteiger partial charge >= 0.3 is 0 Å². The second kappa shape index (κ2) is 7.73. The van der Waals surface area contributed by atoms with E-state index in [1.54, 1.807) is 9.80 Å². The van der Waals surface area contributed by atoms with Crippen molar-refractivity contribution in [1.29, 1.82) is 0 Å². The molecule has 3 amide bonds. The van der Waals surface area contributed by atoms with E-state index in [0.717, 1.165) is 21.3 Å². The number of halogens is 1. The van der Waals surface area contributed by atoms with Crippen LogP contribution in [-0.4, -0.2) is 46.7 Å². The van der Waals surface area contributed by atoms with Gasteiger partial charge in [0.1, 0.15) is 6.04 Å². The molecule has 166 valence electrons. The van der Waals surface area contributed by atoms with Crippen molar-refractivity contribution in [3.05, 3.63) is 63.6 Å². The number of amides is 3. The van der Waals surface area contributed by atoms with Crippen LogP contribution in [-0.2, 0) is 21.5 Å². The predicted molar refractivity (Wildman–Crippen MR) is 125 cm³/mol. The fraction of sp³-hybridized carbons (Fsp3) is 0.400. The Bertz CT molecular complexity index is 1130. The molecule has 2 aromatic rings. The van der Waals surface area contributed by atoms with Crippen molar-refractivity contribution >= 4 is 39.3 Å². The van der Waals surface area contributed by atoms with Crippen LogP contribution in [0.25, 0.3) is 0 Å². The first-order valence-electron chi connectivity index (χ1n) is 11.1. The maximum Gasteiger partial charge on any atom is 0.255 e. The quantitative estimate of drug-likeness (QED) is 0.698. The molecule has 1 spiro atoms. The van der Waals surface area contributed by atoms with E-state index in [0.29, 0.717) is 38.0 Å². The summed E-state index contributed by atoms with van der Waals surface area (Å²) in [6.45, 7) is 5.42. The molecule has 3 heterocycles. The van der Waals surface area contributed by atoms with Crippen molar-refractivity contribution < 1.29 is 14.4 Å². The average Bonchev–Trinajstić information content (AvgIpc) is 3.42. The van der Waals surface area contributed by atoms with E-state index in [1.807, 2.05) is 42.5 Å². The summed E-state index contributed by atoms with van der Waals surface area (Å²) >= 11 is 3.48. The van der Waals surface area contributed by atoms with E-state index in [-0.39, 0.29) is 23.6 Å². The van der Waals surface area contributed by atoms with Gasteiger partial charge in [-0.3, -0.25) is 14.4 Å². The number of nitrogens with zero attached hydrogens (tertiary/aromatic N) is 2. The van der Waals surface area contributed by atoms with Gasteiger partial charge in [0, 0.05) is 35.4 Å². The van der Waals surface area contributed by atoms with Gasteiger partial charge in [0.05, 0.1) is 5.41 Å². The van der Waals surface area contributed by atoms with E-state index in [4.69, 9.17) is 0 Å². The predicted octanol–water partition coefficient (Wildman–Crippen LogP) is 3.94. The summed E-state index contributed by atoms with van der Waals surface area (Å²) in [5.74, 6) is 0.0560. The first-order chi connectivity index (χ1) is 15.3. The number of hydrogen-bond donors (Lipinski definition) is 1. The standard InChI is InChI=1S/C25H26BrN3O3/c1-15(2)11-21(29-13-16-12-17(26)7-8-18(16)22(29)30)23(31)28-10-9-25(14-28)19-5-3-4-6-20(19)27-24(25)32/h3-8,12,15,21H,9-11,13-14H2,1-2H3,(H,27,32)/t21-,25-/m0/s1. The van der Waals surface area contributed by atoms with Gasteiger partial charge in [-0.1, -0.05) is 48.0 Å². The largest absolute Gasteiger partial charge is 0.339 e. The molecule has 3 aliphatic heterocycles. The highest BCUT2D eigenvalue weighted by Gasteiger charge is 2.53. The van der Waals surface area contributed by atoms with Crippen molar-refractivity contribution in [2.45, 2.75) is 44.7 Å². The number of carbonyl (C=O) groups is 3. The highest BCUT2D eigenvalue weighted by Crippen LogP contribution is 2.44. The van der Waals surface area contributed by atoms with Crippen LogP contribution in [0.15, 0.2) is 46.9 Å². The summed E-state index contributed by atoms with van der Waals surface area (Å²) in [7, 11) is 0. The third-order valence-electron chi connectivity index (χ3n) is 6.96. The van der Waals surface area contributed by atoms with Gasteiger partial charge in [-0.25, -0.2) is 0 Å². The average molecular weight is 496 g/mol. The molecule has 0 aromatic heterocycles. The Balaban J connectivity index is 1.42. The molecule has 7 heteroatoms. The lowest BCUT2D eigenvalue weighted by molar-refractivity contribution is -0.136. The Morgan fingerprint density at radius 3 is 2.75 bits per heavy atom. The zero-order valence-electron chi connectivity index (χ0n) is 18.2. The molecule has 0 aliphatic carbocycles. The molecule has 1 saturated heterocycles. The third-order valence-corrected chi connectivity index (χ3v) is 7.45. The molecule has 1 N–H and O–H groups in total. The molecular formula is C25H26BrN3O3. The van der Waals surface area contributed by atoms with Gasteiger partial charge in [-0.2, -0.15) is 0 Å². The van der Waals surface area contributed by atoms with Crippen LogP contribution in [0.4, 0.5) is 5.69 Å². The zero-order valence-corrected chi connectivity index (χ0v) is 19.8. The van der Waals surface area contributed by atoms with Gasteiger partial charge in [0.25, 0.3) is 5.91 Å². The number of anilines is 1. The van der Waals surface area contributed by atoms with Crippen LogP contribution in [0, 0.1) is 5.92 Å². The van der Waals surface area contributed by atoms with Crippen LogP contribution < -0.4 is 5.32 Å². The molecule has 5 rings (SSSR count). The van der Waals surface area contributed by atoms with Gasteiger partial charge in [-0.15, -0.1) is 0 Å². The number of fused-ring (bicyclic) bond motifs is 3. The van der Waals surface area contributed by atoms with Gasteiger partial charge < -0.3 is 15.1 Å². The van der Waals surface area contributed by atoms with Crippen LogP contribution >= 0.6 is 15.9 Å². The van der Waals surface area contributed by atoms with Crippen LogP contribution in [0.2, 0.25) is 0 Å². The topological polar surface area (TPSA) is 69.7 Å². The first kappa shape index (κ1) is 21.2. The van der Waals surface area contributed by atoms with Crippen molar-refractivity contribution in [2.75, 3.05) is 18.4 Å². The maximum absolute atomic E-state index is 13.8. The Morgan fingerprint density at radius 2 is 1.97 bits per heavy atom. The van der Waals surface area contributed by atoms with E-state index in [1.165, 1.54) is 0 Å². The molecule has 6 nitrogen and oxygen atoms in total. The fourth-order valence-corrected chi connectivity index (χ4v) is 5.77. The molecule has 1 fully saturated rings. The highest BCUT2D eigenvalue weighted by atomic mass is 79.9. The van der Waals surface area contributed by atoms with Gasteiger partial charge in [0.2, 0.25) is 11.8 Å². The minimum absolute atomic E-state index is 0.0380. The molecule has 0 saturated carbocycles. The van der Waals surface area contributed by atoms with Gasteiger partial charge in [0.15, 0.2) is 0 Å². The molecule has 2 atom stereocenters. The minimum Gasteiger partial charge on any atom is -0.339 e. The second-order valence-electron chi connectivity index (χ2n) is 9.47. The summed E-state index contributed by atoms with van der Waals surface area (Å²) < 4.78 is 0.921. The Labute approximate surface area is 196 Å². The Hall–Kier alpha value is -2.67. The van der Waals surface area contributed by atoms with Crippen LogP contribution in [0.3, 0.4) is 0 Å². The number of carbonyl (C=O) groups excluding carboxylic acids is 3. The van der Waals surface area contributed by atoms with E-state index < -0.39 is 11.5 Å². The number of likely N-dealkylation sites (tertiary alicyclic amines) is 1. The number of para-hydroxylation sites is 1. The van der Waals surface area contributed by atoms with Crippen molar-refractivity contribution in [3.63, 3.8) is 0 Å². The molecule has 0 bridgehead atoms. The second-order valence-corrected chi connectivity index (χ2v) is 10.4. The molecule has 2 aromatic carbocycles. The SMILES string of the molecule is CC(C)C[C@@H](C(=O)N1CC[C@@]2(C1)C(=O)Nc1ccccc12)N1Cc2cc(Br)ccc2C1=O. The van der Waals surface area contributed by atoms with Crippen molar-refractivity contribution in [2.24, 2.45) is 5.92 Å². The maximum atomic E-state index is 13.8.